The molecule has 0 saturated carbocycles. The van der Waals surface area contributed by atoms with E-state index < -0.39 is 0 Å². The van der Waals surface area contributed by atoms with Gasteiger partial charge in [-0.15, -0.1) is 0 Å². The monoisotopic (exact) mass is 330 g/mol. The highest BCUT2D eigenvalue weighted by atomic mass is 35.5. The molecule has 120 valence electrons. The number of carbonyl (C=O) groups excluding carboxylic acids is 1. The summed E-state index contributed by atoms with van der Waals surface area (Å²) in [6.45, 7) is 3.25. The molecule has 0 unspecified atom stereocenters. The molecule has 3 rings (SSSR count). The maximum absolute atomic E-state index is 12.5. The zero-order valence-corrected chi connectivity index (χ0v) is 13.5. The zero-order valence-electron chi connectivity index (χ0n) is 12.8. The second-order valence-electron chi connectivity index (χ2n) is 5.49. The lowest BCUT2D eigenvalue weighted by molar-refractivity contribution is 0.0746. The largest absolute Gasteiger partial charge is 0.352 e. The van der Waals surface area contributed by atoms with Gasteiger partial charge in [0, 0.05) is 44.5 Å². The van der Waals surface area contributed by atoms with Crippen LogP contribution in [0.15, 0.2) is 42.6 Å². The summed E-state index contributed by atoms with van der Waals surface area (Å²) in [6, 6.07) is 11.1. The quantitative estimate of drug-likeness (QED) is 0.936. The van der Waals surface area contributed by atoms with E-state index in [0.29, 0.717) is 30.2 Å². The first kappa shape index (κ1) is 15.8. The smallest absolute Gasteiger partial charge is 0.253 e. The van der Waals surface area contributed by atoms with Crippen LogP contribution in [0.25, 0.3) is 0 Å². The molecule has 6 heteroatoms. The standard InChI is InChI=1S/C17H19ClN4O/c18-15-2-1-7-20-16(15)21-8-10-22(11-9-21)17(23)14-5-3-13(12-19)4-6-14/h1-7H,8-12,19H2. The Bertz CT molecular complexity index is 681. The minimum absolute atomic E-state index is 0.0559. The van der Waals surface area contributed by atoms with Crippen LogP contribution in [0, 0.1) is 0 Å². The lowest BCUT2D eigenvalue weighted by atomic mass is 10.1. The van der Waals surface area contributed by atoms with Crippen molar-refractivity contribution in [3.05, 3.63) is 58.7 Å². The summed E-state index contributed by atoms with van der Waals surface area (Å²) in [7, 11) is 0. The van der Waals surface area contributed by atoms with Crippen molar-refractivity contribution in [3.8, 4) is 0 Å². The van der Waals surface area contributed by atoms with Crippen molar-refractivity contribution in [3.63, 3.8) is 0 Å². The Morgan fingerprint density at radius 1 is 1.13 bits per heavy atom. The van der Waals surface area contributed by atoms with Gasteiger partial charge in [-0.1, -0.05) is 23.7 Å². The Balaban J connectivity index is 1.64. The number of aromatic nitrogens is 1. The predicted octanol–water partition coefficient (Wildman–Crippen LogP) is 2.16. The van der Waals surface area contributed by atoms with Crippen molar-refractivity contribution in [1.29, 1.82) is 0 Å². The lowest BCUT2D eigenvalue weighted by Gasteiger charge is -2.35. The predicted molar refractivity (Wildman–Crippen MR) is 91.7 cm³/mol. The summed E-state index contributed by atoms with van der Waals surface area (Å²) in [5, 5.41) is 0.643. The molecule has 1 aliphatic heterocycles. The number of amides is 1. The second kappa shape index (κ2) is 6.98. The Morgan fingerprint density at radius 2 is 1.83 bits per heavy atom. The Kier molecular flexibility index (Phi) is 4.79. The summed E-state index contributed by atoms with van der Waals surface area (Å²) in [5.41, 5.74) is 7.31. The minimum Gasteiger partial charge on any atom is -0.352 e. The number of anilines is 1. The molecule has 1 aromatic heterocycles. The third kappa shape index (κ3) is 3.46. The molecule has 1 amide bonds. The van der Waals surface area contributed by atoms with Gasteiger partial charge in [-0.05, 0) is 29.8 Å². The van der Waals surface area contributed by atoms with Gasteiger partial charge in [-0.3, -0.25) is 4.79 Å². The molecule has 5 nitrogen and oxygen atoms in total. The van der Waals surface area contributed by atoms with Crippen molar-refractivity contribution in [2.45, 2.75) is 6.54 Å². The van der Waals surface area contributed by atoms with E-state index in [4.69, 9.17) is 17.3 Å². The molecule has 23 heavy (non-hydrogen) atoms. The fourth-order valence-electron chi connectivity index (χ4n) is 2.70. The molecule has 1 fully saturated rings. The fourth-order valence-corrected chi connectivity index (χ4v) is 2.94. The number of rotatable bonds is 3. The van der Waals surface area contributed by atoms with E-state index >= 15 is 0 Å². The molecule has 1 aromatic carbocycles. The van der Waals surface area contributed by atoms with Gasteiger partial charge in [0.25, 0.3) is 5.91 Å². The summed E-state index contributed by atoms with van der Waals surface area (Å²) < 4.78 is 0. The molecule has 0 aliphatic carbocycles. The van der Waals surface area contributed by atoms with Gasteiger partial charge in [-0.2, -0.15) is 0 Å². The molecule has 2 heterocycles. The number of halogens is 1. The van der Waals surface area contributed by atoms with Gasteiger partial charge < -0.3 is 15.5 Å². The number of carbonyl (C=O) groups is 1. The molecule has 0 radical (unpaired) electrons. The van der Waals surface area contributed by atoms with Crippen LogP contribution in [0.1, 0.15) is 15.9 Å². The SMILES string of the molecule is NCc1ccc(C(=O)N2CCN(c3ncccc3Cl)CC2)cc1. The summed E-state index contributed by atoms with van der Waals surface area (Å²) in [5.74, 6) is 0.842. The first-order valence-corrected chi connectivity index (χ1v) is 8.00. The number of hydrogen-bond donors (Lipinski definition) is 1. The average molecular weight is 331 g/mol. The molecular weight excluding hydrogens is 312 g/mol. The Morgan fingerprint density at radius 3 is 2.43 bits per heavy atom. The number of nitrogens with two attached hydrogens (primary N) is 1. The molecule has 0 spiro atoms. The maximum Gasteiger partial charge on any atom is 0.253 e. The summed E-state index contributed by atoms with van der Waals surface area (Å²) in [4.78, 5) is 20.9. The second-order valence-corrected chi connectivity index (χ2v) is 5.90. The van der Waals surface area contributed by atoms with Gasteiger partial charge >= 0.3 is 0 Å². The average Bonchev–Trinajstić information content (AvgIpc) is 2.62. The third-order valence-electron chi connectivity index (χ3n) is 4.04. The van der Waals surface area contributed by atoms with Crippen LogP contribution in [-0.4, -0.2) is 42.0 Å². The number of nitrogens with zero attached hydrogens (tertiary/aromatic N) is 3. The van der Waals surface area contributed by atoms with Gasteiger partial charge in [0.1, 0.15) is 5.82 Å². The van der Waals surface area contributed by atoms with Crippen LogP contribution >= 0.6 is 11.6 Å². The van der Waals surface area contributed by atoms with Crippen LogP contribution in [-0.2, 0) is 6.54 Å². The van der Waals surface area contributed by atoms with E-state index in [0.717, 1.165) is 24.5 Å². The van der Waals surface area contributed by atoms with Crippen LogP contribution in [0.5, 0.6) is 0 Å². The first-order chi connectivity index (χ1) is 11.2. The summed E-state index contributed by atoms with van der Waals surface area (Å²) >= 11 is 6.19. The molecular formula is C17H19ClN4O. The highest BCUT2D eigenvalue weighted by Crippen LogP contribution is 2.23. The Labute approximate surface area is 140 Å². The minimum atomic E-state index is 0.0559. The molecule has 2 N–H and O–H groups in total. The van der Waals surface area contributed by atoms with Crippen LogP contribution < -0.4 is 10.6 Å². The van der Waals surface area contributed by atoms with Gasteiger partial charge in [-0.25, -0.2) is 4.98 Å². The summed E-state index contributed by atoms with van der Waals surface area (Å²) in [6.07, 6.45) is 1.73. The number of pyridine rings is 1. The molecule has 1 saturated heterocycles. The van der Waals surface area contributed by atoms with Gasteiger partial charge in [0.2, 0.25) is 0 Å². The third-order valence-corrected chi connectivity index (χ3v) is 4.34. The van der Waals surface area contributed by atoms with E-state index in [2.05, 4.69) is 9.88 Å². The molecule has 2 aromatic rings. The van der Waals surface area contributed by atoms with E-state index in [-0.39, 0.29) is 5.91 Å². The number of hydrogen-bond acceptors (Lipinski definition) is 4. The van der Waals surface area contributed by atoms with Crippen LogP contribution in [0.2, 0.25) is 5.02 Å². The Hall–Kier alpha value is -2.11. The highest BCUT2D eigenvalue weighted by molar-refractivity contribution is 6.32. The van der Waals surface area contributed by atoms with Gasteiger partial charge in [0.15, 0.2) is 0 Å². The molecule has 1 aliphatic rings. The van der Waals surface area contributed by atoms with Crippen molar-refractivity contribution in [2.24, 2.45) is 5.73 Å². The first-order valence-electron chi connectivity index (χ1n) is 7.63. The van der Waals surface area contributed by atoms with Gasteiger partial charge in [0.05, 0.1) is 5.02 Å². The molecule has 0 atom stereocenters. The van der Waals surface area contributed by atoms with Crippen LogP contribution in [0.3, 0.4) is 0 Å². The normalized spacial score (nSPS) is 14.9. The van der Waals surface area contributed by atoms with E-state index in [9.17, 15) is 4.79 Å². The van der Waals surface area contributed by atoms with Crippen molar-refractivity contribution < 1.29 is 4.79 Å². The zero-order chi connectivity index (χ0) is 16.2. The number of piperazine rings is 1. The van der Waals surface area contributed by atoms with E-state index in [1.54, 1.807) is 6.20 Å². The van der Waals surface area contributed by atoms with E-state index in [1.165, 1.54) is 0 Å². The molecule has 0 bridgehead atoms. The van der Waals surface area contributed by atoms with Crippen molar-refractivity contribution >= 4 is 23.3 Å². The highest BCUT2D eigenvalue weighted by Gasteiger charge is 2.23. The fraction of sp³-hybridized carbons (Fsp3) is 0.294. The lowest BCUT2D eigenvalue weighted by Crippen LogP contribution is -2.49. The van der Waals surface area contributed by atoms with E-state index in [1.807, 2.05) is 41.3 Å². The van der Waals surface area contributed by atoms with Crippen molar-refractivity contribution in [1.82, 2.24) is 9.88 Å². The topological polar surface area (TPSA) is 62.5 Å². The maximum atomic E-state index is 12.5. The van der Waals surface area contributed by atoms with Crippen molar-refractivity contribution in [2.75, 3.05) is 31.1 Å². The van der Waals surface area contributed by atoms with Crippen LogP contribution in [0.4, 0.5) is 5.82 Å². The number of benzene rings is 1.